The number of hydrogen-bond donors (Lipinski definition) is 0. The summed E-state index contributed by atoms with van der Waals surface area (Å²) >= 11 is 1.25. The zero-order chi connectivity index (χ0) is 25.1. The van der Waals surface area contributed by atoms with Crippen LogP contribution < -0.4 is 0 Å². The van der Waals surface area contributed by atoms with Gasteiger partial charge in [0.1, 0.15) is 6.54 Å². The Morgan fingerprint density at radius 2 is 1.91 bits per heavy atom. The van der Waals surface area contributed by atoms with Crippen LogP contribution in [0.15, 0.2) is 64.6 Å². The first kappa shape index (κ1) is 24.3. The average Bonchev–Trinajstić information content (AvgIpc) is 3.31. The normalized spacial score (nSPS) is 16.0. The molecule has 3 aromatic rings. The third-order valence-corrected chi connectivity index (χ3v) is 6.35. The fourth-order valence-electron chi connectivity index (χ4n) is 3.61. The van der Waals surface area contributed by atoms with Crippen LogP contribution in [-0.2, 0) is 25.6 Å². The first-order valence-electron chi connectivity index (χ1n) is 11.0. The average molecular weight is 492 g/mol. The predicted octanol–water partition coefficient (Wildman–Crippen LogP) is 4.61. The predicted molar refractivity (Wildman–Crippen MR) is 136 cm³/mol. The summed E-state index contributed by atoms with van der Waals surface area (Å²) in [6.07, 6.45) is 3.41. The molecule has 4 rings (SSSR count). The number of fused-ring (bicyclic) bond motifs is 1. The molecule has 0 saturated carbocycles. The second-order valence-electron chi connectivity index (χ2n) is 8.18. The lowest BCUT2D eigenvalue weighted by atomic mass is 10.1. The number of amidine groups is 1. The third kappa shape index (κ3) is 5.30. The second kappa shape index (κ2) is 10.2. The topological polar surface area (TPSA) is 90.2 Å². The molecule has 8 nitrogen and oxygen atoms in total. The van der Waals surface area contributed by atoms with Gasteiger partial charge in [0, 0.05) is 29.7 Å². The molecule has 0 spiro atoms. The molecule has 1 aliphatic heterocycles. The van der Waals surface area contributed by atoms with Gasteiger partial charge in [0.25, 0.3) is 5.91 Å². The quantitative estimate of drug-likeness (QED) is 0.369. The maximum Gasteiger partial charge on any atom is 0.338 e. The van der Waals surface area contributed by atoms with E-state index in [-0.39, 0.29) is 24.5 Å². The molecule has 1 aromatic heterocycles. The Morgan fingerprint density at radius 1 is 1.14 bits per heavy atom. The monoisotopic (exact) mass is 491 g/mol. The number of esters is 2. The number of hydrogen-bond acceptors (Lipinski definition) is 7. The van der Waals surface area contributed by atoms with Crippen molar-refractivity contribution in [3.63, 3.8) is 0 Å². The van der Waals surface area contributed by atoms with Gasteiger partial charge in [-0.3, -0.25) is 14.5 Å². The number of thioether (sulfide) groups is 1. The van der Waals surface area contributed by atoms with Crippen molar-refractivity contribution in [3.05, 3.63) is 70.8 Å². The summed E-state index contributed by atoms with van der Waals surface area (Å²) in [5.41, 5.74) is 2.62. The molecular formula is C26H25N3O5S. The maximum absolute atomic E-state index is 13.0. The molecule has 0 aliphatic carbocycles. The number of benzene rings is 2. The molecule has 1 amide bonds. The fraction of sp³-hybridized carbons (Fsp3) is 0.231. The highest BCUT2D eigenvalue weighted by Gasteiger charge is 2.31. The van der Waals surface area contributed by atoms with Crippen molar-refractivity contribution in [1.82, 2.24) is 9.47 Å². The summed E-state index contributed by atoms with van der Waals surface area (Å²) in [6.45, 7) is 3.65. The van der Waals surface area contributed by atoms with Crippen LogP contribution in [0, 0.1) is 0 Å². The van der Waals surface area contributed by atoms with Crippen LogP contribution in [0.25, 0.3) is 17.0 Å². The van der Waals surface area contributed by atoms with E-state index in [4.69, 9.17) is 9.47 Å². The Morgan fingerprint density at radius 3 is 2.66 bits per heavy atom. The van der Waals surface area contributed by atoms with E-state index in [1.54, 1.807) is 55.8 Å². The maximum atomic E-state index is 13.0. The first-order valence-corrected chi connectivity index (χ1v) is 11.8. The smallest absolute Gasteiger partial charge is 0.338 e. The van der Waals surface area contributed by atoms with Gasteiger partial charge in [-0.1, -0.05) is 24.3 Å². The molecule has 0 N–H and O–H groups in total. The summed E-state index contributed by atoms with van der Waals surface area (Å²) in [4.78, 5) is 43.6. The largest absolute Gasteiger partial charge is 0.468 e. The van der Waals surface area contributed by atoms with Gasteiger partial charge >= 0.3 is 11.9 Å². The first-order chi connectivity index (χ1) is 16.8. The summed E-state index contributed by atoms with van der Waals surface area (Å²) < 4.78 is 11.9. The van der Waals surface area contributed by atoms with E-state index in [0.717, 1.165) is 16.5 Å². The molecule has 2 aromatic carbocycles. The number of aliphatic imine (C=N–C) groups is 1. The van der Waals surface area contributed by atoms with E-state index in [1.807, 2.05) is 30.5 Å². The van der Waals surface area contributed by atoms with Gasteiger partial charge in [0.2, 0.25) is 0 Å². The standard InChI is InChI=1S/C26H25N3O5S/c1-16(2)34-25(32)17-8-7-9-19(12-17)27-26-28(3)24(31)22(35-26)13-18-14-29(15-23(30)33-4)21-11-6-5-10-20(18)21/h5-14,16H,15H2,1-4H3/b22-13-,27-26?. The molecule has 0 atom stereocenters. The van der Waals surface area contributed by atoms with E-state index < -0.39 is 5.97 Å². The minimum Gasteiger partial charge on any atom is -0.468 e. The fourth-order valence-corrected chi connectivity index (χ4v) is 4.59. The number of carbonyl (C=O) groups excluding carboxylic acids is 3. The number of likely N-dealkylation sites (N-methyl/N-ethyl adjacent to an activating group) is 1. The molecule has 0 unspecified atom stereocenters. The number of aromatic nitrogens is 1. The van der Waals surface area contributed by atoms with Crippen molar-refractivity contribution in [2.24, 2.45) is 4.99 Å². The number of rotatable bonds is 6. The lowest BCUT2D eigenvalue weighted by Crippen LogP contribution is -2.23. The third-order valence-electron chi connectivity index (χ3n) is 5.29. The number of carbonyl (C=O) groups is 3. The van der Waals surface area contributed by atoms with Crippen molar-refractivity contribution in [3.8, 4) is 0 Å². The van der Waals surface area contributed by atoms with Gasteiger partial charge in [-0.05, 0) is 56.0 Å². The molecular weight excluding hydrogens is 466 g/mol. The van der Waals surface area contributed by atoms with Crippen molar-refractivity contribution >= 4 is 57.4 Å². The van der Waals surface area contributed by atoms with Crippen LogP contribution in [0.5, 0.6) is 0 Å². The molecule has 1 aliphatic rings. The minimum atomic E-state index is -0.422. The van der Waals surface area contributed by atoms with Crippen LogP contribution in [-0.4, -0.2) is 52.7 Å². The van der Waals surface area contributed by atoms with Crippen LogP contribution in [0.4, 0.5) is 5.69 Å². The van der Waals surface area contributed by atoms with Gasteiger partial charge < -0.3 is 14.0 Å². The Hall–Kier alpha value is -3.85. The van der Waals surface area contributed by atoms with E-state index in [2.05, 4.69) is 4.99 Å². The van der Waals surface area contributed by atoms with Crippen molar-refractivity contribution < 1.29 is 23.9 Å². The Balaban J connectivity index is 1.64. The van der Waals surface area contributed by atoms with Crippen molar-refractivity contribution in [2.45, 2.75) is 26.5 Å². The van der Waals surface area contributed by atoms with Crippen LogP contribution >= 0.6 is 11.8 Å². The molecule has 180 valence electrons. The summed E-state index contributed by atoms with van der Waals surface area (Å²) in [7, 11) is 3.01. The minimum absolute atomic E-state index is 0.0729. The molecule has 0 bridgehead atoms. The molecule has 9 heteroatoms. The van der Waals surface area contributed by atoms with Crippen LogP contribution in [0.3, 0.4) is 0 Å². The number of amides is 1. The molecule has 1 fully saturated rings. The van der Waals surface area contributed by atoms with E-state index >= 15 is 0 Å². The number of nitrogens with zero attached hydrogens (tertiary/aromatic N) is 3. The van der Waals surface area contributed by atoms with Crippen molar-refractivity contribution in [2.75, 3.05) is 14.2 Å². The molecule has 0 radical (unpaired) electrons. The van der Waals surface area contributed by atoms with Crippen molar-refractivity contribution in [1.29, 1.82) is 0 Å². The van der Waals surface area contributed by atoms with Crippen LogP contribution in [0.2, 0.25) is 0 Å². The highest BCUT2D eigenvalue weighted by molar-refractivity contribution is 8.18. The summed E-state index contributed by atoms with van der Waals surface area (Å²) in [5.74, 6) is -0.965. The number of methoxy groups -OCH3 is 1. The van der Waals surface area contributed by atoms with E-state index in [9.17, 15) is 14.4 Å². The highest BCUT2D eigenvalue weighted by Crippen LogP contribution is 2.35. The summed E-state index contributed by atoms with van der Waals surface area (Å²) in [6, 6.07) is 14.5. The van der Waals surface area contributed by atoms with Gasteiger partial charge in [0.05, 0.1) is 29.4 Å². The van der Waals surface area contributed by atoms with E-state index in [0.29, 0.717) is 21.3 Å². The molecule has 2 heterocycles. The molecule has 35 heavy (non-hydrogen) atoms. The van der Waals surface area contributed by atoms with Gasteiger partial charge in [0.15, 0.2) is 5.17 Å². The second-order valence-corrected chi connectivity index (χ2v) is 9.19. The Bertz CT molecular complexity index is 1370. The SMILES string of the molecule is COC(=O)Cn1cc(/C=C2\SC(=Nc3cccc(C(=O)OC(C)C)c3)N(C)C2=O)c2ccccc21. The van der Waals surface area contributed by atoms with E-state index in [1.165, 1.54) is 23.8 Å². The highest BCUT2D eigenvalue weighted by atomic mass is 32.2. The zero-order valence-electron chi connectivity index (χ0n) is 19.8. The number of ether oxygens (including phenoxy) is 2. The zero-order valence-corrected chi connectivity index (χ0v) is 20.7. The number of para-hydroxylation sites is 1. The lowest BCUT2D eigenvalue weighted by Gasteiger charge is -2.09. The Labute approximate surface area is 207 Å². The van der Waals surface area contributed by atoms with Gasteiger partial charge in [-0.25, -0.2) is 9.79 Å². The Kier molecular flexibility index (Phi) is 7.07. The lowest BCUT2D eigenvalue weighted by molar-refractivity contribution is -0.141. The summed E-state index contributed by atoms with van der Waals surface area (Å²) in [5, 5.41) is 1.41. The van der Waals surface area contributed by atoms with Gasteiger partial charge in [-0.15, -0.1) is 0 Å². The van der Waals surface area contributed by atoms with Crippen LogP contribution in [0.1, 0.15) is 29.8 Å². The van der Waals surface area contributed by atoms with Gasteiger partial charge in [-0.2, -0.15) is 0 Å². The molecule has 1 saturated heterocycles.